The molecular weight excluding hydrogens is 136 g/mol. The van der Waals surface area contributed by atoms with Crippen molar-refractivity contribution in [1.82, 2.24) is 0 Å². The lowest BCUT2D eigenvalue weighted by Crippen LogP contribution is -2.08. The van der Waals surface area contributed by atoms with E-state index in [0.29, 0.717) is 6.10 Å². The fourth-order valence-corrected chi connectivity index (χ4v) is 1.58. The van der Waals surface area contributed by atoms with E-state index >= 15 is 0 Å². The molecule has 1 fully saturated rings. The van der Waals surface area contributed by atoms with Gasteiger partial charge in [0.05, 0.1) is 6.10 Å². The highest BCUT2D eigenvalue weighted by atomic mass is 16.5. The lowest BCUT2D eigenvalue weighted by Gasteiger charge is -2.09. The summed E-state index contributed by atoms with van der Waals surface area (Å²) in [6, 6.07) is 0. The van der Waals surface area contributed by atoms with Gasteiger partial charge in [0, 0.05) is 6.61 Å². The molecule has 0 aromatic carbocycles. The van der Waals surface area contributed by atoms with E-state index in [1.807, 2.05) is 0 Å². The molecule has 0 heterocycles. The maximum Gasteiger partial charge on any atom is 0.0575 e. The molecule has 0 aromatic heterocycles. The van der Waals surface area contributed by atoms with Gasteiger partial charge in [0.2, 0.25) is 0 Å². The quantitative estimate of drug-likeness (QED) is 0.555. The van der Waals surface area contributed by atoms with E-state index in [9.17, 15) is 0 Å². The third-order valence-electron chi connectivity index (χ3n) is 2.30. The van der Waals surface area contributed by atoms with Gasteiger partial charge in [-0.05, 0) is 19.3 Å². The summed E-state index contributed by atoms with van der Waals surface area (Å²) in [7, 11) is 0. The molecule has 1 aliphatic carbocycles. The number of unbranched alkanes of at least 4 members (excludes halogenated alkanes) is 2. The van der Waals surface area contributed by atoms with E-state index in [1.165, 1.54) is 38.5 Å². The van der Waals surface area contributed by atoms with E-state index < -0.39 is 0 Å². The zero-order valence-electron chi connectivity index (χ0n) is 7.35. The Balaban J connectivity index is 1.86. The van der Waals surface area contributed by atoms with Crippen LogP contribution in [0.5, 0.6) is 0 Å². The third-order valence-corrected chi connectivity index (χ3v) is 2.30. The van der Waals surface area contributed by atoms with Crippen molar-refractivity contribution in [2.24, 2.45) is 0 Å². The van der Waals surface area contributed by atoms with E-state index in [-0.39, 0.29) is 0 Å². The van der Waals surface area contributed by atoms with Crippen LogP contribution in [-0.2, 0) is 4.74 Å². The Kier molecular flexibility index (Phi) is 4.60. The second-order valence-corrected chi connectivity index (χ2v) is 3.34. The van der Waals surface area contributed by atoms with Crippen molar-refractivity contribution < 1.29 is 4.74 Å². The first-order valence-corrected chi connectivity index (χ1v) is 4.84. The van der Waals surface area contributed by atoms with Crippen LogP contribution in [0, 0.1) is 6.92 Å². The molecule has 11 heavy (non-hydrogen) atoms. The van der Waals surface area contributed by atoms with Gasteiger partial charge in [-0.15, -0.1) is 0 Å². The predicted octanol–water partition coefficient (Wildman–Crippen LogP) is 2.95. The van der Waals surface area contributed by atoms with Crippen LogP contribution in [0.15, 0.2) is 0 Å². The van der Waals surface area contributed by atoms with Crippen LogP contribution in [0.4, 0.5) is 0 Å². The summed E-state index contributed by atoms with van der Waals surface area (Å²) < 4.78 is 5.68. The first-order valence-electron chi connectivity index (χ1n) is 4.84. The smallest absolute Gasteiger partial charge is 0.0575 e. The zero-order valence-corrected chi connectivity index (χ0v) is 7.35. The van der Waals surface area contributed by atoms with Crippen LogP contribution in [-0.4, -0.2) is 12.7 Å². The maximum atomic E-state index is 5.68. The van der Waals surface area contributed by atoms with Crippen molar-refractivity contribution in [3.05, 3.63) is 6.92 Å². The second-order valence-electron chi connectivity index (χ2n) is 3.34. The molecule has 0 saturated heterocycles. The summed E-state index contributed by atoms with van der Waals surface area (Å²) in [6.07, 6.45) is 9.40. The Morgan fingerprint density at radius 1 is 1.18 bits per heavy atom. The summed E-state index contributed by atoms with van der Waals surface area (Å²) in [5, 5.41) is 0. The number of hydrogen-bond acceptors (Lipinski definition) is 1. The van der Waals surface area contributed by atoms with Crippen LogP contribution >= 0.6 is 0 Å². The molecule has 1 heteroatoms. The highest BCUT2D eigenvalue weighted by Gasteiger charge is 2.14. The van der Waals surface area contributed by atoms with E-state index in [0.717, 1.165) is 13.0 Å². The summed E-state index contributed by atoms with van der Waals surface area (Å²) in [4.78, 5) is 0. The molecule has 0 atom stereocenters. The van der Waals surface area contributed by atoms with Crippen LogP contribution in [0.25, 0.3) is 0 Å². The lowest BCUT2D eigenvalue weighted by molar-refractivity contribution is 0.0560. The first-order chi connectivity index (χ1) is 5.43. The van der Waals surface area contributed by atoms with Gasteiger partial charge in [-0.3, -0.25) is 0 Å². The highest BCUT2D eigenvalue weighted by Crippen LogP contribution is 2.20. The minimum atomic E-state index is 0.597. The monoisotopic (exact) mass is 155 g/mol. The second kappa shape index (κ2) is 5.59. The molecule has 1 nitrogen and oxygen atoms in total. The van der Waals surface area contributed by atoms with Crippen molar-refractivity contribution in [2.45, 2.75) is 51.0 Å². The number of ether oxygens (including phenoxy) is 1. The third kappa shape index (κ3) is 3.76. The Labute approximate surface area is 70.1 Å². The molecule has 0 aromatic rings. The van der Waals surface area contributed by atoms with Gasteiger partial charge >= 0.3 is 0 Å². The van der Waals surface area contributed by atoms with Crippen molar-refractivity contribution in [1.29, 1.82) is 0 Å². The van der Waals surface area contributed by atoms with Gasteiger partial charge in [0.15, 0.2) is 0 Å². The Bertz CT molecular complexity index is 84.9. The van der Waals surface area contributed by atoms with Crippen LogP contribution in [0.2, 0.25) is 0 Å². The molecule has 0 unspecified atom stereocenters. The molecular formula is C10H19O. The Morgan fingerprint density at radius 3 is 2.55 bits per heavy atom. The SMILES string of the molecule is [CH2]CCCCOC1CCCC1. The fourth-order valence-electron chi connectivity index (χ4n) is 1.58. The topological polar surface area (TPSA) is 9.23 Å². The van der Waals surface area contributed by atoms with Crippen molar-refractivity contribution in [3.63, 3.8) is 0 Å². The summed E-state index contributed by atoms with van der Waals surface area (Å²) in [5.41, 5.74) is 0. The largest absolute Gasteiger partial charge is 0.378 e. The van der Waals surface area contributed by atoms with Crippen LogP contribution < -0.4 is 0 Å². The number of hydrogen-bond donors (Lipinski definition) is 0. The molecule has 1 radical (unpaired) electrons. The molecule has 65 valence electrons. The van der Waals surface area contributed by atoms with Crippen molar-refractivity contribution in [3.8, 4) is 0 Å². The molecule has 1 aliphatic rings. The molecule has 0 aliphatic heterocycles. The van der Waals surface area contributed by atoms with Gasteiger partial charge in [-0.25, -0.2) is 0 Å². The van der Waals surface area contributed by atoms with Crippen molar-refractivity contribution >= 4 is 0 Å². The average Bonchev–Trinajstić information content (AvgIpc) is 2.50. The predicted molar refractivity (Wildman–Crippen MR) is 47.4 cm³/mol. The van der Waals surface area contributed by atoms with Crippen molar-refractivity contribution in [2.75, 3.05) is 6.61 Å². The summed E-state index contributed by atoms with van der Waals surface area (Å²) >= 11 is 0. The molecule has 0 bridgehead atoms. The normalized spacial score (nSPS) is 19.4. The van der Waals surface area contributed by atoms with Gasteiger partial charge in [-0.1, -0.05) is 32.6 Å². The summed E-state index contributed by atoms with van der Waals surface area (Å²) in [6.45, 7) is 4.76. The highest BCUT2D eigenvalue weighted by molar-refractivity contribution is 4.66. The van der Waals surface area contributed by atoms with Gasteiger partial charge < -0.3 is 4.74 Å². The number of rotatable bonds is 5. The lowest BCUT2D eigenvalue weighted by atomic mass is 10.2. The van der Waals surface area contributed by atoms with Gasteiger partial charge in [0.1, 0.15) is 0 Å². The van der Waals surface area contributed by atoms with Crippen LogP contribution in [0.1, 0.15) is 44.9 Å². The standard InChI is InChI=1S/C10H19O/c1-2-3-6-9-11-10-7-4-5-8-10/h10H,1-9H2. The van der Waals surface area contributed by atoms with E-state index in [2.05, 4.69) is 6.92 Å². The van der Waals surface area contributed by atoms with Gasteiger partial charge in [0.25, 0.3) is 0 Å². The van der Waals surface area contributed by atoms with Crippen LogP contribution in [0.3, 0.4) is 0 Å². The molecule has 1 saturated carbocycles. The minimum absolute atomic E-state index is 0.597. The molecule has 0 N–H and O–H groups in total. The zero-order chi connectivity index (χ0) is 7.94. The first kappa shape index (κ1) is 9.05. The molecule has 1 rings (SSSR count). The molecule has 0 spiro atoms. The van der Waals surface area contributed by atoms with Gasteiger partial charge in [-0.2, -0.15) is 0 Å². The Morgan fingerprint density at radius 2 is 1.91 bits per heavy atom. The van der Waals surface area contributed by atoms with E-state index in [1.54, 1.807) is 0 Å². The summed E-state index contributed by atoms with van der Waals surface area (Å²) in [5.74, 6) is 0. The maximum absolute atomic E-state index is 5.68. The van der Waals surface area contributed by atoms with E-state index in [4.69, 9.17) is 4.74 Å². The Hall–Kier alpha value is -0.0400. The minimum Gasteiger partial charge on any atom is -0.378 e. The average molecular weight is 155 g/mol. The molecule has 0 amide bonds. The fraction of sp³-hybridized carbons (Fsp3) is 0.900.